The number of carbonyl (C=O) groups is 1. The molecule has 0 amide bonds. The molecule has 23 heavy (non-hydrogen) atoms. The fourth-order valence-electron chi connectivity index (χ4n) is 3.48. The van der Waals surface area contributed by atoms with Crippen LogP contribution in [0, 0.1) is 5.92 Å². The summed E-state index contributed by atoms with van der Waals surface area (Å²) in [6.45, 7) is 0.126. The first-order chi connectivity index (χ1) is 11.0. The molecule has 6 nitrogen and oxygen atoms in total. The van der Waals surface area contributed by atoms with E-state index < -0.39 is 35.3 Å². The van der Waals surface area contributed by atoms with Crippen molar-refractivity contribution in [2.45, 2.75) is 30.2 Å². The molecule has 2 N–H and O–H groups in total. The summed E-state index contributed by atoms with van der Waals surface area (Å²) in [5, 5.41) is 20.8. The van der Waals surface area contributed by atoms with Gasteiger partial charge in [-0.1, -0.05) is 36.4 Å². The summed E-state index contributed by atoms with van der Waals surface area (Å²) in [5.74, 6) is -3.14. The van der Waals surface area contributed by atoms with E-state index in [9.17, 15) is 15.0 Å². The summed E-state index contributed by atoms with van der Waals surface area (Å²) >= 11 is 0. The Kier molecular flexibility index (Phi) is 4.12. The Labute approximate surface area is 134 Å². The van der Waals surface area contributed by atoms with Crippen LogP contribution in [0.2, 0.25) is 0 Å². The number of fused-ring (bicyclic) bond motifs is 2. The third kappa shape index (κ3) is 2.10. The Balaban J connectivity index is 2.01. The van der Waals surface area contributed by atoms with Gasteiger partial charge in [0.05, 0.1) is 18.6 Å². The highest BCUT2D eigenvalue weighted by molar-refractivity contribution is 5.95. The topological polar surface area (TPSA) is 85.2 Å². The number of rotatable bonds is 5. The molecule has 4 atom stereocenters. The van der Waals surface area contributed by atoms with E-state index in [-0.39, 0.29) is 6.61 Å². The summed E-state index contributed by atoms with van der Waals surface area (Å²) in [5.41, 5.74) is -0.754. The van der Waals surface area contributed by atoms with Gasteiger partial charge in [-0.15, -0.1) is 0 Å². The van der Waals surface area contributed by atoms with Gasteiger partial charge in [0.1, 0.15) is 6.10 Å². The molecule has 0 saturated heterocycles. The number of hydrogen-bond donors (Lipinski definition) is 2. The average Bonchev–Trinajstić information content (AvgIpc) is 2.59. The number of hydrogen-bond acceptors (Lipinski definition) is 6. The highest BCUT2D eigenvalue weighted by atomic mass is 16.7. The van der Waals surface area contributed by atoms with Gasteiger partial charge in [0.15, 0.2) is 5.60 Å². The molecule has 3 aliphatic carbocycles. The van der Waals surface area contributed by atoms with Gasteiger partial charge in [0.2, 0.25) is 5.78 Å². The number of aliphatic hydroxyl groups excluding tert-OH is 2. The summed E-state index contributed by atoms with van der Waals surface area (Å²) in [7, 11) is 2.64. The molecule has 0 aromatic heterocycles. The van der Waals surface area contributed by atoms with Crippen LogP contribution in [0.25, 0.3) is 0 Å². The van der Waals surface area contributed by atoms with Crippen LogP contribution in [0.4, 0.5) is 0 Å². The lowest BCUT2D eigenvalue weighted by Crippen LogP contribution is -2.77. The lowest BCUT2D eigenvalue weighted by atomic mass is 9.64. The maximum absolute atomic E-state index is 12.7. The first-order valence-corrected chi connectivity index (χ1v) is 7.40. The second kappa shape index (κ2) is 5.81. The number of aliphatic hydroxyl groups is 2. The molecule has 0 spiro atoms. The predicted octanol–water partition coefficient (Wildman–Crippen LogP) is 0.422. The van der Waals surface area contributed by atoms with Crippen LogP contribution in [-0.2, 0) is 25.6 Å². The molecular formula is C17H20O6. The zero-order valence-corrected chi connectivity index (χ0v) is 13.0. The molecule has 1 aromatic rings. The quantitative estimate of drug-likeness (QED) is 0.604. The minimum absolute atomic E-state index is 0.126. The first kappa shape index (κ1) is 16.3. The van der Waals surface area contributed by atoms with E-state index in [4.69, 9.17) is 14.2 Å². The van der Waals surface area contributed by atoms with Gasteiger partial charge in [-0.25, -0.2) is 0 Å². The van der Waals surface area contributed by atoms with Crippen molar-refractivity contribution in [2.75, 3.05) is 14.2 Å². The van der Waals surface area contributed by atoms with E-state index in [2.05, 4.69) is 0 Å². The van der Waals surface area contributed by atoms with E-state index in [1.165, 1.54) is 14.2 Å². The van der Waals surface area contributed by atoms with Crippen molar-refractivity contribution in [1.29, 1.82) is 0 Å². The molecule has 1 aromatic carbocycles. The Hall–Kier alpha value is -1.57. The van der Waals surface area contributed by atoms with Crippen molar-refractivity contribution in [3.05, 3.63) is 48.0 Å². The maximum Gasteiger partial charge on any atom is 0.265 e. The molecule has 6 heteroatoms. The zero-order valence-electron chi connectivity index (χ0n) is 13.0. The molecule has 2 bridgehead atoms. The monoisotopic (exact) mass is 320 g/mol. The van der Waals surface area contributed by atoms with Crippen LogP contribution in [0.1, 0.15) is 5.56 Å². The second-order valence-electron chi connectivity index (χ2n) is 5.78. The third-order valence-electron chi connectivity index (χ3n) is 4.72. The van der Waals surface area contributed by atoms with Gasteiger partial charge in [-0.2, -0.15) is 0 Å². The van der Waals surface area contributed by atoms with Crippen LogP contribution >= 0.6 is 0 Å². The standard InChI is InChI=1S/C17H20O6/c1-21-17(22-2)14(19)12-8-9-16(17,15(20)13(12)18)23-10-11-6-4-3-5-7-11/h3-9,12-13,15,18,20H,10H2,1-2H3. The summed E-state index contributed by atoms with van der Waals surface area (Å²) in [6, 6.07) is 9.33. The van der Waals surface area contributed by atoms with Crippen molar-refractivity contribution >= 4 is 5.78 Å². The average molecular weight is 320 g/mol. The fourth-order valence-corrected chi connectivity index (χ4v) is 3.48. The van der Waals surface area contributed by atoms with Crippen LogP contribution in [0.15, 0.2) is 42.5 Å². The molecule has 1 saturated carbocycles. The van der Waals surface area contributed by atoms with E-state index in [0.29, 0.717) is 0 Å². The third-order valence-corrected chi connectivity index (χ3v) is 4.72. The highest BCUT2D eigenvalue weighted by Gasteiger charge is 2.71. The Bertz CT molecular complexity index is 609. The van der Waals surface area contributed by atoms with Crippen molar-refractivity contribution in [2.24, 2.45) is 5.92 Å². The van der Waals surface area contributed by atoms with Gasteiger partial charge in [0.25, 0.3) is 5.79 Å². The van der Waals surface area contributed by atoms with Crippen molar-refractivity contribution in [1.82, 2.24) is 0 Å². The molecular weight excluding hydrogens is 300 g/mol. The minimum atomic E-state index is -1.79. The molecule has 1 fully saturated rings. The van der Waals surface area contributed by atoms with Gasteiger partial charge in [0, 0.05) is 14.2 Å². The van der Waals surface area contributed by atoms with Crippen LogP contribution in [0.3, 0.4) is 0 Å². The lowest BCUT2D eigenvalue weighted by Gasteiger charge is -2.56. The smallest absolute Gasteiger partial charge is 0.265 e. The van der Waals surface area contributed by atoms with Gasteiger partial charge >= 0.3 is 0 Å². The molecule has 3 aliphatic rings. The maximum atomic E-state index is 12.7. The Morgan fingerprint density at radius 1 is 1.13 bits per heavy atom. The molecule has 4 unspecified atom stereocenters. The van der Waals surface area contributed by atoms with E-state index in [0.717, 1.165) is 5.56 Å². The molecule has 0 heterocycles. The molecule has 0 radical (unpaired) electrons. The largest absolute Gasteiger partial charge is 0.389 e. The molecule has 0 aliphatic heterocycles. The number of ether oxygens (including phenoxy) is 3. The highest BCUT2D eigenvalue weighted by Crippen LogP contribution is 2.49. The number of carbonyl (C=O) groups excluding carboxylic acids is 1. The van der Waals surface area contributed by atoms with Gasteiger partial charge < -0.3 is 24.4 Å². The van der Waals surface area contributed by atoms with Gasteiger partial charge in [-0.05, 0) is 11.6 Å². The summed E-state index contributed by atoms with van der Waals surface area (Å²) in [6.07, 6.45) is 0.494. The lowest BCUT2D eigenvalue weighted by molar-refractivity contribution is -0.331. The fraction of sp³-hybridized carbons (Fsp3) is 0.471. The summed E-state index contributed by atoms with van der Waals surface area (Å²) < 4.78 is 16.7. The Morgan fingerprint density at radius 3 is 2.39 bits per heavy atom. The van der Waals surface area contributed by atoms with E-state index in [1.54, 1.807) is 12.2 Å². The van der Waals surface area contributed by atoms with Crippen molar-refractivity contribution in [3.63, 3.8) is 0 Å². The number of ketones is 1. The molecule has 4 rings (SSSR count). The van der Waals surface area contributed by atoms with E-state index >= 15 is 0 Å². The SMILES string of the molecule is COC1(OC)C(=O)C2C=CC1(OCc1ccccc1)C(O)C2O. The van der Waals surface area contributed by atoms with Crippen molar-refractivity contribution in [3.8, 4) is 0 Å². The van der Waals surface area contributed by atoms with Crippen LogP contribution < -0.4 is 0 Å². The zero-order chi connectivity index (χ0) is 16.7. The van der Waals surface area contributed by atoms with E-state index in [1.807, 2.05) is 30.3 Å². The van der Waals surface area contributed by atoms with Crippen LogP contribution in [-0.4, -0.2) is 53.8 Å². The second-order valence-corrected chi connectivity index (χ2v) is 5.78. The van der Waals surface area contributed by atoms with Crippen molar-refractivity contribution < 1.29 is 29.2 Å². The molecule has 124 valence electrons. The number of benzene rings is 1. The predicted molar refractivity (Wildman–Crippen MR) is 80.4 cm³/mol. The summed E-state index contributed by atoms with van der Waals surface area (Å²) in [4.78, 5) is 12.7. The van der Waals surface area contributed by atoms with Crippen LogP contribution in [0.5, 0.6) is 0 Å². The normalized spacial score (nSPS) is 34.8. The number of Topliss-reactive ketones (excluding diaryl/α,β-unsaturated/α-hetero) is 1. The Morgan fingerprint density at radius 2 is 1.78 bits per heavy atom. The van der Waals surface area contributed by atoms with Gasteiger partial charge in [-0.3, -0.25) is 4.79 Å². The number of methoxy groups -OCH3 is 2. The minimum Gasteiger partial charge on any atom is -0.389 e. The first-order valence-electron chi connectivity index (χ1n) is 7.40.